The van der Waals surface area contributed by atoms with Gasteiger partial charge >= 0.3 is 0 Å². The summed E-state index contributed by atoms with van der Waals surface area (Å²) in [5.41, 5.74) is 2.64. The predicted octanol–water partition coefficient (Wildman–Crippen LogP) is 3.26. The molecule has 1 N–H and O–H groups in total. The molecule has 0 radical (unpaired) electrons. The van der Waals surface area contributed by atoms with Crippen LogP contribution in [0.3, 0.4) is 0 Å². The largest absolute Gasteiger partial charge is 0.310 e. The van der Waals surface area contributed by atoms with Crippen LogP contribution in [0.25, 0.3) is 0 Å². The molecule has 0 unspecified atom stereocenters. The summed E-state index contributed by atoms with van der Waals surface area (Å²) in [5.74, 6) is 0. The number of hydrogen-bond acceptors (Lipinski definition) is 1. The summed E-state index contributed by atoms with van der Waals surface area (Å²) in [4.78, 5) is 0. The molecule has 1 aromatic rings. The van der Waals surface area contributed by atoms with Gasteiger partial charge in [0, 0.05) is 17.1 Å². The van der Waals surface area contributed by atoms with Gasteiger partial charge in [-0.1, -0.05) is 41.9 Å². The number of benzene rings is 1. The van der Waals surface area contributed by atoms with Gasteiger partial charge in [0.1, 0.15) is 0 Å². The third kappa shape index (κ3) is 3.49. The Bertz CT molecular complexity index is 281. The topological polar surface area (TPSA) is 12.0 Å². The number of nitrogens with one attached hydrogen (secondary N) is 1. The lowest BCUT2D eigenvalue weighted by Crippen LogP contribution is -2.21. The highest BCUT2D eigenvalue weighted by Crippen LogP contribution is 2.16. The molecule has 1 rings (SSSR count). The van der Waals surface area contributed by atoms with Crippen LogP contribution in [-0.4, -0.2) is 6.04 Å². The van der Waals surface area contributed by atoms with Crippen molar-refractivity contribution in [2.45, 2.75) is 33.4 Å². The monoisotopic (exact) mass is 241 g/mol. The number of halogens is 1. The molecule has 0 aliphatic carbocycles. The van der Waals surface area contributed by atoms with Gasteiger partial charge in [-0.3, -0.25) is 0 Å². The summed E-state index contributed by atoms with van der Waals surface area (Å²) in [7, 11) is 0. The molecule has 0 amide bonds. The third-order valence-corrected chi connectivity index (χ3v) is 2.83. The van der Waals surface area contributed by atoms with Crippen molar-refractivity contribution in [2.24, 2.45) is 0 Å². The van der Waals surface area contributed by atoms with E-state index < -0.39 is 0 Å². The molecule has 0 aromatic heterocycles. The Hall–Kier alpha value is -0.340. The summed E-state index contributed by atoms with van der Waals surface area (Å²) >= 11 is 3.49. The molecular formula is C11H16BrN. The van der Waals surface area contributed by atoms with E-state index in [1.807, 2.05) is 0 Å². The van der Waals surface area contributed by atoms with Crippen LogP contribution in [0.2, 0.25) is 0 Å². The molecule has 0 spiro atoms. The van der Waals surface area contributed by atoms with Crippen LogP contribution in [0.4, 0.5) is 0 Å². The minimum atomic E-state index is 0.545. The first-order valence-corrected chi connectivity index (χ1v) is 5.37. The Labute approximate surface area is 88.7 Å². The molecule has 72 valence electrons. The van der Waals surface area contributed by atoms with Crippen molar-refractivity contribution in [3.8, 4) is 0 Å². The molecule has 0 fully saturated rings. The van der Waals surface area contributed by atoms with Gasteiger partial charge in [0.05, 0.1) is 0 Å². The molecule has 2 heteroatoms. The van der Waals surface area contributed by atoms with Gasteiger partial charge in [0.25, 0.3) is 0 Å². The molecule has 0 aliphatic heterocycles. The molecule has 13 heavy (non-hydrogen) atoms. The first-order valence-electron chi connectivity index (χ1n) is 4.58. The molecule has 0 heterocycles. The fraction of sp³-hybridized carbons (Fsp3) is 0.455. The minimum absolute atomic E-state index is 0.545. The Kier molecular flexibility index (Phi) is 3.94. The maximum atomic E-state index is 3.49. The smallest absolute Gasteiger partial charge is 0.0207 e. The third-order valence-electron chi connectivity index (χ3n) is 1.94. The van der Waals surface area contributed by atoms with Crippen molar-refractivity contribution in [2.75, 3.05) is 0 Å². The van der Waals surface area contributed by atoms with Crippen LogP contribution in [0.15, 0.2) is 22.7 Å². The van der Waals surface area contributed by atoms with Crippen molar-refractivity contribution < 1.29 is 0 Å². The normalized spacial score (nSPS) is 10.8. The van der Waals surface area contributed by atoms with Crippen molar-refractivity contribution in [3.05, 3.63) is 33.8 Å². The molecule has 1 nitrogen and oxygen atoms in total. The van der Waals surface area contributed by atoms with Gasteiger partial charge in [-0.15, -0.1) is 0 Å². The van der Waals surface area contributed by atoms with Gasteiger partial charge < -0.3 is 5.32 Å². The zero-order valence-corrected chi connectivity index (χ0v) is 9.98. The summed E-state index contributed by atoms with van der Waals surface area (Å²) in [6.45, 7) is 7.38. The first-order chi connectivity index (χ1) is 6.09. The average Bonchev–Trinajstić information content (AvgIpc) is 2.07. The van der Waals surface area contributed by atoms with Crippen LogP contribution < -0.4 is 5.32 Å². The van der Waals surface area contributed by atoms with E-state index in [2.05, 4.69) is 60.2 Å². The summed E-state index contributed by atoms with van der Waals surface area (Å²) in [5, 5.41) is 3.39. The van der Waals surface area contributed by atoms with E-state index in [0.29, 0.717) is 6.04 Å². The van der Waals surface area contributed by atoms with E-state index in [0.717, 1.165) is 6.54 Å². The quantitative estimate of drug-likeness (QED) is 0.857. The van der Waals surface area contributed by atoms with Crippen LogP contribution in [0, 0.1) is 6.92 Å². The van der Waals surface area contributed by atoms with Crippen molar-refractivity contribution >= 4 is 15.9 Å². The summed E-state index contributed by atoms with van der Waals surface area (Å²) in [6.07, 6.45) is 0. The first kappa shape index (κ1) is 10.7. The standard InChI is InChI=1S/C11H16BrN/c1-8(2)13-7-10-4-5-11(12)9(3)6-10/h4-6,8,13H,7H2,1-3H3. The minimum Gasteiger partial charge on any atom is -0.310 e. The molecule has 0 saturated heterocycles. The predicted molar refractivity (Wildman–Crippen MR) is 60.9 cm³/mol. The summed E-state index contributed by atoms with van der Waals surface area (Å²) < 4.78 is 1.18. The Morgan fingerprint density at radius 2 is 2.08 bits per heavy atom. The van der Waals surface area contributed by atoms with E-state index in [9.17, 15) is 0 Å². The van der Waals surface area contributed by atoms with E-state index >= 15 is 0 Å². The maximum Gasteiger partial charge on any atom is 0.0207 e. The lowest BCUT2D eigenvalue weighted by molar-refractivity contribution is 0.588. The zero-order valence-electron chi connectivity index (χ0n) is 8.39. The lowest BCUT2D eigenvalue weighted by atomic mass is 10.1. The van der Waals surface area contributed by atoms with E-state index in [-0.39, 0.29) is 0 Å². The van der Waals surface area contributed by atoms with Gasteiger partial charge in [-0.25, -0.2) is 0 Å². The fourth-order valence-electron chi connectivity index (χ4n) is 1.14. The highest BCUT2D eigenvalue weighted by molar-refractivity contribution is 9.10. The van der Waals surface area contributed by atoms with Gasteiger partial charge in [0.15, 0.2) is 0 Å². The Balaban J connectivity index is 2.63. The molecule has 1 aromatic carbocycles. The molecule has 0 bridgehead atoms. The van der Waals surface area contributed by atoms with E-state index in [1.54, 1.807) is 0 Å². The summed E-state index contributed by atoms with van der Waals surface area (Å²) in [6, 6.07) is 7.00. The van der Waals surface area contributed by atoms with Crippen LogP contribution in [0.5, 0.6) is 0 Å². The lowest BCUT2D eigenvalue weighted by Gasteiger charge is -2.09. The maximum absolute atomic E-state index is 3.49. The Morgan fingerprint density at radius 3 is 2.62 bits per heavy atom. The highest BCUT2D eigenvalue weighted by Gasteiger charge is 1.98. The number of rotatable bonds is 3. The highest BCUT2D eigenvalue weighted by atomic mass is 79.9. The second-order valence-electron chi connectivity index (χ2n) is 3.62. The van der Waals surface area contributed by atoms with Crippen molar-refractivity contribution in [1.82, 2.24) is 5.32 Å². The van der Waals surface area contributed by atoms with Gasteiger partial charge in [0.2, 0.25) is 0 Å². The average molecular weight is 242 g/mol. The van der Waals surface area contributed by atoms with Gasteiger partial charge in [-0.05, 0) is 24.1 Å². The Morgan fingerprint density at radius 1 is 1.38 bits per heavy atom. The van der Waals surface area contributed by atoms with E-state index in [4.69, 9.17) is 0 Å². The molecule has 0 saturated carbocycles. The SMILES string of the molecule is Cc1cc(CNC(C)C)ccc1Br. The van der Waals surface area contributed by atoms with Crippen LogP contribution >= 0.6 is 15.9 Å². The van der Waals surface area contributed by atoms with Crippen molar-refractivity contribution in [3.63, 3.8) is 0 Å². The van der Waals surface area contributed by atoms with Gasteiger partial charge in [-0.2, -0.15) is 0 Å². The molecule has 0 atom stereocenters. The van der Waals surface area contributed by atoms with Crippen molar-refractivity contribution in [1.29, 1.82) is 0 Å². The van der Waals surface area contributed by atoms with Crippen LogP contribution in [0.1, 0.15) is 25.0 Å². The number of aryl methyl sites for hydroxylation is 1. The molecular weight excluding hydrogens is 226 g/mol. The number of hydrogen-bond donors (Lipinski definition) is 1. The van der Waals surface area contributed by atoms with Crippen LogP contribution in [-0.2, 0) is 6.54 Å². The molecule has 0 aliphatic rings. The zero-order chi connectivity index (χ0) is 9.84. The fourth-order valence-corrected chi connectivity index (χ4v) is 1.39. The van der Waals surface area contributed by atoms with E-state index in [1.165, 1.54) is 15.6 Å². The second-order valence-corrected chi connectivity index (χ2v) is 4.47. The second kappa shape index (κ2) is 4.77.